The average Bonchev–Trinajstić information content (AvgIpc) is 2.59. The summed E-state index contributed by atoms with van der Waals surface area (Å²) < 4.78 is 0. The van der Waals surface area contributed by atoms with Crippen molar-refractivity contribution < 1.29 is 4.79 Å². The van der Waals surface area contributed by atoms with Crippen molar-refractivity contribution in [3.05, 3.63) is 11.1 Å². The van der Waals surface area contributed by atoms with Crippen LogP contribution in [-0.2, 0) is 11.2 Å². The van der Waals surface area contributed by atoms with E-state index >= 15 is 0 Å². The minimum atomic E-state index is 0.127. The minimum absolute atomic E-state index is 0.127. The van der Waals surface area contributed by atoms with E-state index in [0.29, 0.717) is 11.6 Å². The van der Waals surface area contributed by atoms with Gasteiger partial charge in [0, 0.05) is 18.0 Å². The van der Waals surface area contributed by atoms with Gasteiger partial charge in [-0.25, -0.2) is 4.98 Å². The number of hydrogen-bond donors (Lipinski definition) is 1. The third kappa shape index (κ3) is 3.48. The SMILES string of the molecule is CCCN(C(=O)Cc1csc(N)n1)C(C)C. The molecule has 0 spiro atoms. The smallest absolute Gasteiger partial charge is 0.228 e. The molecule has 90 valence electrons. The number of rotatable bonds is 5. The Balaban J connectivity index is 2.61. The van der Waals surface area contributed by atoms with Gasteiger partial charge in [-0.15, -0.1) is 11.3 Å². The predicted molar refractivity (Wildman–Crippen MR) is 67.4 cm³/mol. The van der Waals surface area contributed by atoms with Crippen LogP contribution < -0.4 is 5.73 Å². The number of aromatic nitrogens is 1. The van der Waals surface area contributed by atoms with Crippen LogP contribution in [0.25, 0.3) is 0 Å². The molecule has 5 heteroatoms. The molecule has 4 nitrogen and oxygen atoms in total. The lowest BCUT2D eigenvalue weighted by atomic mass is 10.2. The van der Waals surface area contributed by atoms with Crippen LogP contribution in [0.5, 0.6) is 0 Å². The molecule has 1 rings (SSSR count). The maximum Gasteiger partial charge on any atom is 0.228 e. The maximum atomic E-state index is 12.0. The highest BCUT2D eigenvalue weighted by Gasteiger charge is 2.17. The fraction of sp³-hybridized carbons (Fsp3) is 0.636. The summed E-state index contributed by atoms with van der Waals surface area (Å²) in [5.41, 5.74) is 6.30. The third-order valence-corrected chi connectivity index (χ3v) is 3.03. The standard InChI is InChI=1S/C11H19N3OS/c1-4-5-14(8(2)3)10(15)6-9-7-16-11(12)13-9/h7-8H,4-6H2,1-3H3,(H2,12,13). The lowest BCUT2D eigenvalue weighted by Gasteiger charge is -2.26. The number of carbonyl (C=O) groups is 1. The van der Waals surface area contributed by atoms with Crippen molar-refractivity contribution in [2.45, 2.75) is 39.7 Å². The van der Waals surface area contributed by atoms with Crippen LogP contribution in [-0.4, -0.2) is 28.4 Å². The molecule has 0 aliphatic rings. The van der Waals surface area contributed by atoms with Crippen LogP contribution >= 0.6 is 11.3 Å². The molecule has 1 aromatic heterocycles. The van der Waals surface area contributed by atoms with Gasteiger partial charge >= 0.3 is 0 Å². The molecule has 2 N–H and O–H groups in total. The summed E-state index contributed by atoms with van der Waals surface area (Å²) in [5, 5.41) is 2.37. The Morgan fingerprint density at radius 2 is 2.31 bits per heavy atom. The summed E-state index contributed by atoms with van der Waals surface area (Å²) in [5.74, 6) is 0.127. The zero-order valence-electron chi connectivity index (χ0n) is 10.1. The molecule has 1 heterocycles. The van der Waals surface area contributed by atoms with E-state index in [1.165, 1.54) is 11.3 Å². The van der Waals surface area contributed by atoms with E-state index in [1.807, 2.05) is 24.1 Å². The van der Waals surface area contributed by atoms with E-state index in [0.717, 1.165) is 18.7 Å². The second-order valence-electron chi connectivity index (χ2n) is 4.03. The number of amides is 1. The Morgan fingerprint density at radius 3 is 2.75 bits per heavy atom. The molecule has 1 amide bonds. The summed E-state index contributed by atoms with van der Waals surface area (Å²) >= 11 is 1.38. The number of nitrogen functional groups attached to an aromatic ring is 1. The van der Waals surface area contributed by atoms with Gasteiger partial charge < -0.3 is 10.6 Å². The highest BCUT2D eigenvalue weighted by molar-refractivity contribution is 7.13. The monoisotopic (exact) mass is 241 g/mol. The molecule has 16 heavy (non-hydrogen) atoms. The van der Waals surface area contributed by atoms with Crippen LogP contribution in [0.2, 0.25) is 0 Å². The lowest BCUT2D eigenvalue weighted by molar-refractivity contribution is -0.132. The van der Waals surface area contributed by atoms with E-state index in [-0.39, 0.29) is 11.9 Å². The van der Waals surface area contributed by atoms with Crippen LogP contribution in [0.3, 0.4) is 0 Å². The second-order valence-corrected chi connectivity index (χ2v) is 4.92. The van der Waals surface area contributed by atoms with E-state index in [9.17, 15) is 4.79 Å². The van der Waals surface area contributed by atoms with Crippen LogP contribution in [0.4, 0.5) is 5.13 Å². The maximum absolute atomic E-state index is 12.0. The van der Waals surface area contributed by atoms with Crippen molar-refractivity contribution in [1.29, 1.82) is 0 Å². The van der Waals surface area contributed by atoms with Crippen LogP contribution in [0.1, 0.15) is 32.9 Å². The molecule has 0 unspecified atom stereocenters. The molecule has 0 atom stereocenters. The van der Waals surface area contributed by atoms with Gasteiger partial charge in [-0.3, -0.25) is 4.79 Å². The van der Waals surface area contributed by atoms with Gasteiger partial charge in [0.25, 0.3) is 0 Å². The normalized spacial score (nSPS) is 10.8. The zero-order chi connectivity index (χ0) is 12.1. The van der Waals surface area contributed by atoms with Gasteiger partial charge in [-0.05, 0) is 20.3 Å². The van der Waals surface area contributed by atoms with Gasteiger partial charge in [0.05, 0.1) is 12.1 Å². The van der Waals surface area contributed by atoms with Gasteiger partial charge in [0.1, 0.15) is 0 Å². The summed E-state index contributed by atoms with van der Waals surface area (Å²) in [4.78, 5) is 18.0. The average molecular weight is 241 g/mol. The van der Waals surface area contributed by atoms with Crippen LogP contribution in [0.15, 0.2) is 5.38 Å². The zero-order valence-corrected chi connectivity index (χ0v) is 10.9. The quantitative estimate of drug-likeness (QED) is 0.856. The minimum Gasteiger partial charge on any atom is -0.375 e. The second kappa shape index (κ2) is 5.84. The molecule has 0 aromatic carbocycles. The molecular weight excluding hydrogens is 222 g/mol. The first-order valence-electron chi connectivity index (χ1n) is 5.54. The van der Waals surface area contributed by atoms with Crippen molar-refractivity contribution in [2.75, 3.05) is 12.3 Å². The first-order valence-corrected chi connectivity index (χ1v) is 6.42. The van der Waals surface area contributed by atoms with E-state index < -0.39 is 0 Å². The number of anilines is 1. The Kier molecular flexibility index (Phi) is 4.73. The van der Waals surface area contributed by atoms with E-state index in [1.54, 1.807) is 0 Å². The van der Waals surface area contributed by atoms with Gasteiger partial charge in [-0.1, -0.05) is 6.92 Å². The highest BCUT2D eigenvalue weighted by Crippen LogP contribution is 2.13. The lowest BCUT2D eigenvalue weighted by Crippen LogP contribution is -2.38. The number of thiazole rings is 1. The predicted octanol–water partition coefficient (Wildman–Crippen LogP) is 1.91. The van der Waals surface area contributed by atoms with Crippen molar-refractivity contribution in [1.82, 2.24) is 9.88 Å². The van der Waals surface area contributed by atoms with Crippen molar-refractivity contribution >= 4 is 22.4 Å². The topological polar surface area (TPSA) is 59.2 Å². The Morgan fingerprint density at radius 1 is 1.62 bits per heavy atom. The van der Waals surface area contributed by atoms with E-state index in [2.05, 4.69) is 11.9 Å². The third-order valence-electron chi connectivity index (χ3n) is 2.31. The fourth-order valence-corrected chi connectivity index (χ4v) is 2.13. The summed E-state index contributed by atoms with van der Waals surface area (Å²) in [6.07, 6.45) is 1.33. The van der Waals surface area contributed by atoms with E-state index in [4.69, 9.17) is 5.73 Å². The van der Waals surface area contributed by atoms with Crippen molar-refractivity contribution in [3.63, 3.8) is 0 Å². The number of hydrogen-bond acceptors (Lipinski definition) is 4. The Hall–Kier alpha value is -1.10. The molecule has 0 radical (unpaired) electrons. The molecule has 0 saturated carbocycles. The van der Waals surface area contributed by atoms with Gasteiger partial charge in [-0.2, -0.15) is 0 Å². The van der Waals surface area contributed by atoms with Crippen molar-refractivity contribution in [2.24, 2.45) is 0 Å². The first-order chi connectivity index (χ1) is 7.54. The van der Waals surface area contributed by atoms with Crippen molar-refractivity contribution in [3.8, 4) is 0 Å². The number of nitrogens with two attached hydrogens (primary N) is 1. The Labute approximate surface area is 100 Å². The highest BCUT2D eigenvalue weighted by atomic mass is 32.1. The molecule has 0 saturated heterocycles. The molecule has 0 fully saturated rings. The van der Waals surface area contributed by atoms with Gasteiger partial charge in [0.2, 0.25) is 5.91 Å². The molecule has 0 aliphatic heterocycles. The summed E-state index contributed by atoms with van der Waals surface area (Å²) in [6, 6.07) is 0.239. The fourth-order valence-electron chi connectivity index (χ4n) is 1.57. The molecule has 0 bridgehead atoms. The number of carbonyl (C=O) groups excluding carboxylic acids is 1. The number of nitrogens with zero attached hydrogens (tertiary/aromatic N) is 2. The Bertz CT molecular complexity index is 349. The first kappa shape index (κ1) is 13.0. The molecule has 0 aliphatic carbocycles. The largest absolute Gasteiger partial charge is 0.375 e. The van der Waals surface area contributed by atoms with Crippen LogP contribution in [0, 0.1) is 0 Å². The summed E-state index contributed by atoms with van der Waals surface area (Å²) in [7, 11) is 0. The molecule has 1 aromatic rings. The summed E-state index contributed by atoms with van der Waals surface area (Å²) in [6.45, 7) is 6.94. The van der Waals surface area contributed by atoms with Gasteiger partial charge in [0.15, 0.2) is 5.13 Å². The molecular formula is C11H19N3OS.